The minimum absolute atomic E-state index is 0.164. The summed E-state index contributed by atoms with van der Waals surface area (Å²) in [5.74, 6) is 0. The van der Waals surface area contributed by atoms with Crippen LogP contribution in [-0.4, -0.2) is 56.1 Å². The lowest BCUT2D eigenvalue weighted by Gasteiger charge is -2.22. The third-order valence-corrected chi connectivity index (χ3v) is 2.86. The Morgan fingerprint density at radius 2 is 2.29 bits per heavy atom. The van der Waals surface area contributed by atoms with Crippen molar-refractivity contribution in [2.24, 2.45) is 0 Å². The summed E-state index contributed by atoms with van der Waals surface area (Å²) in [6.07, 6.45) is 1.69. The van der Waals surface area contributed by atoms with E-state index in [0.29, 0.717) is 18.2 Å². The zero-order valence-corrected chi connectivity index (χ0v) is 11.7. The van der Waals surface area contributed by atoms with E-state index in [4.69, 9.17) is 16.3 Å². The van der Waals surface area contributed by atoms with Crippen LogP contribution in [0.4, 0.5) is 0 Å². The summed E-state index contributed by atoms with van der Waals surface area (Å²) in [7, 11) is 7.68. The van der Waals surface area contributed by atoms with Gasteiger partial charge in [0.2, 0.25) is 0 Å². The maximum Gasteiger partial charge on any atom is 0.0834 e. The molecule has 0 spiro atoms. The van der Waals surface area contributed by atoms with Crippen molar-refractivity contribution in [3.05, 3.63) is 16.9 Å². The molecule has 0 radical (unpaired) electrons. The monoisotopic (exact) mass is 260 g/mol. The summed E-state index contributed by atoms with van der Waals surface area (Å²) in [4.78, 5) is 2.12. The van der Waals surface area contributed by atoms with Gasteiger partial charge in [-0.15, -0.1) is 0 Å². The summed E-state index contributed by atoms with van der Waals surface area (Å²) in [6.45, 7) is 2.21. The molecule has 0 amide bonds. The highest BCUT2D eigenvalue weighted by Crippen LogP contribution is 2.23. The number of rotatable bonds is 7. The third-order valence-electron chi connectivity index (χ3n) is 2.57. The van der Waals surface area contributed by atoms with Crippen LogP contribution in [0.1, 0.15) is 11.7 Å². The number of hydrogen-bond acceptors (Lipinski definition) is 4. The fraction of sp³-hybridized carbons (Fsp3) is 0.727. The van der Waals surface area contributed by atoms with Crippen molar-refractivity contribution in [2.45, 2.75) is 12.6 Å². The Labute approximate surface area is 108 Å². The first-order valence-corrected chi connectivity index (χ1v) is 6.00. The maximum absolute atomic E-state index is 6.20. The van der Waals surface area contributed by atoms with Crippen LogP contribution >= 0.6 is 11.6 Å². The van der Waals surface area contributed by atoms with E-state index in [2.05, 4.69) is 15.3 Å². The average Bonchev–Trinajstić information content (AvgIpc) is 2.64. The number of aromatic nitrogens is 2. The first kappa shape index (κ1) is 14.4. The summed E-state index contributed by atoms with van der Waals surface area (Å²) in [5, 5.41) is 8.24. The Balaban J connectivity index is 2.88. The van der Waals surface area contributed by atoms with Crippen molar-refractivity contribution in [2.75, 3.05) is 41.4 Å². The Bertz CT molecular complexity index is 340. The van der Waals surface area contributed by atoms with Crippen LogP contribution in [0.15, 0.2) is 6.20 Å². The largest absolute Gasteiger partial charge is 0.383 e. The zero-order valence-electron chi connectivity index (χ0n) is 10.9. The Hall–Kier alpha value is -0.620. The highest BCUT2D eigenvalue weighted by atomic mass is 35.5. The van der Waals surface area contributed by atoms with Gasteiger partial charge in [-0.2, -0.15) is 5.10 Å². The molecule has 5 nitrogen and oxygen atoms in total. The molecule has 0 aliphatic carbocycles. The molecule has 1 atom stereocenters. The summed E-state index contributed by atoms with van der Waals surface area (Å²) in [6, 6.07) is 0.164. The average molecular weight is 261 g/mol. The summed E-state index contributed by atoms with van der Waals surface area (Å²) in [5.41, 5.74) is 1.01. The Kier molecular flexibility index (Phi) is 5.91. The van der Waals surface area contributed by atoms with Crippen LogP contribution in [0.25, 0.3) is 0 Å². The molecule has 1 unspecified atom stereocenters. The highest BCUT2D eigenvalue weighted by Gasteiger charge is 2.19. The fourth-order valence-corrected chi connectivity index (χ4v) is 2.03. The number of halogens is 1. The molecule has 17 heavy (non-hydrogen) atoms. The van der Waals surface area contributed by atoms with Gasteiger partial charge in [-0.05, 0) is 21.1 Å². The van der Waals surface area contributed by atoms with E-state index < -0.39 is 0 Å². The number of nitrogens with zero attached hydrogens (tertiary/aromatic N) is 3. The minimum Gasteiger partial charge on any atom is -0.383 e. The van der Waals surface area contributed by atoms with Crippen molar-refractivity contribution in [3.8, 4) is 0 Å². The van der Waals surface area contributed by atoms with Crippen LogP contribution in [0.5, 0.6) is 0 Å². The number of ether oxygens (including phenoxy) is 1. The first-order chi connectivity index (χ1) is 8.10. The van der Waals surface area contributed by atoms with Gasteiger partial charge in [-0.1, -0.05) is 11.6 Å². The molecule has 1 heterocycles. The normalized spacial score (nSPS) is 13.3. The topological polar surface area (TPSA) is 42.3 Å². The molecule has 0 aliphatic heterocycles. The lowest BCUT2D eigenvalue weighted by molar-refractivity contribution is 0.181. The first-order valence-electron chi connectivity index (χ1n) is 5.62. The van der Waals surface area contributed by atoms with Gasteiger partial charge in [0.15, 0.2) is 0 Å². The predicted molar refractivity (Wildman–Crippen MR) is 69.5 cm³/mol. The molecule has 1 aromatic rings. The van der Waals surface area contributed by atoms with Gasteiger partial charge in [0.05, 0.1) is 36.1 Å². The fourth-order valence-electron chi connectivity index (χ4n) is 1.75. The van der Waals surface area contributed by atoms with Gasteiger partial charge in [-0.25, -0.2) is 0 Å². The number of methoxy groups -OCH3 is 1. The maximum atomic E-state index is 6.20. The molecular weight excluding hydrogens is 240 g/mol. The molecule has 1 aromatic heterocycles. The quantitative estimate of drug-likeness (QED) is 0.795. The van der Waals surface area contributed by atoms with E-state index in [-0.39, 0.29) is 6.04 Å². The van der Waals surface area contributed by atoms with Crippen LogP contribution in [0.3, 0.4) is 0 Å². The van der Waals surface area contributed by atoms with Crippen molar-refractivity contribution in [1.82, 2.24) is 20.0 Å². The molecule has 0 aromatic carbocycles. The molecule has 0 fully saturated rings. The molecule has 6 heteroatoms. The molecular formula is C11H21ClN4O. The smallest absolute Gasteiger partial charge is 0.0834 e. The summed E-state index contributed by atoms with van der Waals surface area (Å²) >= 11 is 6.20. The van der Waals surface area contributed by atoms with Gasteiger partial charge in [0.1, 0.15) is 0 Å². The van der Waals surface area contributed by atoms with Crippen molar-refractivity contribution >= 4 is 11.6 Å². The number of likely N-dealkylation sites (N-methyl/N-ethyl adjacent to an activating group) is 2. The van der Waals surface area contributed by atoms with Crippen LogP contribution in [0.2, 0.25) is 5.02 Å². The van der Waals surface area contributed by atoms with Gasteiger partial charge in [-0.3, -0.25) is 4.68 Å². The lowest BCUT2D eigenvalue weighted by Crippen LogP contribution is -2.31. The third kappa shape index (κ3) is 3.96. The van der Waals surface area contributed by atoms with Crippen LogP contribution in [0, 0.1) is 0 Å². The van der Waals surface area contributed by atoms with E-state index in [1.165, 1.54) is 0 Å². The second-order valence-corrected chi connectivity index (χ2v) is 4.60. The van der Waals surface area contributed by atoms with Crippen molar-refractivity contribution in [3.63, 3.8) is 0 Å². The molecule has 0 aliphatic rings. The molecule has 0 saturated carbocycles. The van der Waals surface area contributed by atoms with Crippen molar-refractivity contribution in [1.29, 1.82) is 0 Å². The van der Waals surface area contributed by atoms with Gasteiger partial charge < -0.3 is 15.0 Å². The van der Waals surface area contributed by atoms with E-state index in [1.807, 2.05) is 25.8 Å². The second-order valence-electron chi connectivity index (χ2n) is 4.20. The SMILES string of the molecule is CNC(CN(C)C)c1c(Cl)cnn1CCOC. The standard InChI is InChI=1S/C11H21ClN4O/c1-13-10(8-15(2)3)11-9(12)7-14-16(11)5-6-17-4/h7,10,13H,5-6,8H2,1-4H3. The molecule has 0 saturated heterocycles. The molecule has 1 rings (SSSR count). The summed E-state index contributed by atoms with van der Waals surface area (Å²) < 4.78 is 6.97. The van der Waals surface area contributed by atoms with Gasteiger partial charge in [0, 0.05) is 13.7 Å². The molecule has 0 bridgehead atoms. The Morgan fingerprint density at radius 3 is 2.82 bits per heavy atom. The highest BCUT2D eigenvalue weighted by molar-refractivity contribution is 6.31. The van der Waals surface area contributed by atoms with Crippen LogP contribution in [-0.2, 0) is 11.3 Å². The van der Waals surface area contributed by atoms with E-state index in [0.717, 1.165) is 12.2 Å². The van der Waals surface area contributed by atoms with E-state index in [1.54, 1.807) is 13.3 Å². The molecule has 98 valence electrons. The van der Waals surface area contributed by atoms with E-state index in [9.17, 15) is 0 Å². The Morgan fingerprint density at radius 1 is 1.59 bits per heavy atom. The van der Waals surface area contributed by atoms with Crippen LogP contribution < -0.4 is 5.32 Å². The van der Waals surface area contributed by atoms with Crippen molar-refractivity contribution < 1.29 is 4.74 Å². The van der Waals surface area contributed by atoms with Gasteiger partial charge >= 0.3 is 0 Å². The van der Waals surface area contributed by atoms with E-state index >= 15 is 0 Å². The minimum atomic E-state index is 0.164. The predicted octanol–water partition coefficient (Wildman–Crippen LogP) is 1.00. The molecule has 1 N–H and O–H groups in total. The lowest BCUT2D eigenvalue weighted by atomic mass is 10.2. The zero-order chi connectivity index (χ0) is 12.8. The number of hydrogen-bond donors (Lipinski definition) is 1. The second kappa shape index (κ2) is 6.96. The van der Waals surface area contributed by atoms with Gasteiger partial charge in [0.25, 0.3) is 0 Å². The number of nitrogens with one attached hydrogen (secondary N) is 1.